The molecular formula is C15H20N2O3. The Morgan fingerprint density at radius 1 is 1.30 bits per heavy atom. The summed E-state index contributed by atoms with van der Waals surface area (Å²) in [5.74, 6) is 0.286. The molecule has 0 spiro atoms. The first-order valence-electron chi connectivity index (χ1n) is 6.45. The van der Waals surface area contributed by atoms with Gasteiger partial charge in [-0.1, -0.05) is 19.9 Å². The van der Waals surface area contributed by atoms with Crippen molar-refractivity contribution in [3.63, 3.8) is 0 Å². The molecule has 0 aliphatic rings. The van der Waals surface area contributed by atoms with Crippen molar-refractivity contribution in [3.8, 4) is 5.75 Å². The summed E-state index contributed by atoms with van der Waals surface area (Å²) in [5, 5.41) is 0. The minimum absolute atomic E-state index is 0.373. The molecule has 1 aromatic carbocycles. The van der Waals surface area contributed by atoms with Crippen molar-refractivity contribution in [2.45, 2.75) is 20.4 Å². The Labute approximate surface area is 119 Å². The summed E-state index contributed by atoms with van der Waals surface area (Å²) in [6.45, 7) is 4.64. The van der Waals surface area contributed by atoms with Crippen LogP contribution < -0.4 is 4.74 Å². The number of hydrogen-bond donors (Lipinski definition) is 0. The molecule has 0 unspecified atom stereocenters. The van der Waals surface area contributed by atoms with Crippen LogP contribution in [0.2, 0.25) is 0 Å². The van der Waals surface area contributed by atoms with E-state index in [1.54, 1.807) is 31.8 Å². The highest BCUT2D eigenvalue weighted by molar-refractivity contribution is 5.89. The highest BCUT2D eigenvalue weighted by atomic mass is 16.5. The average Bonchev–Trinajstić information content (AvgIpc) is 3.02. The zero-order chi connectivity index (χ0) is 15.0. The maximum Gasteiger partial charge on any atom is 0.337 e. The molecule has 0 N–H and O–H groups in total. The number of methoxy groups -OCH3 is 2. The molecule has 0 radical (unpaired) electrons. The number of carbonyl (C=O) groups is 1. The smallest absolute Gasteiger partial charge is 0.337 e. The van der Waals surface area contributed by atoms with E-state index >= 15 is 0 Å². The van der Waals surface area contributed by atoms with Gasteiger partial charge in [-0.05, 0) is 12.1 Å². The Balaban J connectivity index is 0.000000956. The molecule has 5 heteroatoms. The van der Waals surface area contributed by atoms with Crippen molar-refractivity contribution in [2.75, 3.05) is 14.2 Å². The third-order valence-electron chi connectivity index (χ3n) is 2.62. The van der Waals surface area contributed by atoms with E-state index < -0.39 is 0 Å². The fourth-order valence-corrected chi connectivity index (χ4v) is 1.70. The third-order valence-corrected chi connectivity index (χ3v) is 2.62. The maximum atomic E-state index is 11.4. The van der Waals surface area contributed by atoms with Gasteiger partial charge in [0.05, 0.1) is 32.7 Å². The summed E-state index contributed by atoms with van der Waals surface area (Å²) in [6, 6.07) is 5.25. The Morgan fingerprint density at radius 3 is 2.60 bits per heavy atom. The van der Waals surface area contributed by atoms with Crippen LogP contribution in [0.15, 0.2) is 36.9 Å². The number of benzene rings is 1. The number of aromatic nitrogens is 2. The first-order valence-corrected chi connectivity index (χ1v) is 6.45. The van der Waals surface area contributed by atoms with E-state index in [0.717, 1.165) is 5.56 Å². The third kappa shape index (κ3) is 3.85. The molecule has 108 valence electrons. The van der Waals surface area contributed by atoms with Crippen LogP contribution in [-0.2, 0) is 11.3 Å². The normalized spacial score (nSPS) is 9.40. The molecule has 0 fully saturated rings. The Hall–Kier alpha value is -2.30. The van der Waals surface area contributed by atoms with Gasteiger partial charge in [0.2, 0.25) is 0 Å². The number of nitrogens with zero attached hydrogens (tertiary/aromatic N) is 2. The zero-order valence-electron chi connectivity index (χ0n) is 12.3. The second-order valence-electron chi connectivity index (χ2n) is 3.75. The van der Waals surface area contributed by atoms with Gasteiger partial charge >= 0.3 is 5.97 Å². The van der Waals surface area contributed by atoms with Gasteiger partial charge in [0.1, 0.15) is 5.75 Å². The van der Waals surface area contributed by atoms with Gasteiger partial charge in [-0.3, -0.25) is 0 Å². The summed E-state index contributed by atoms with van der Waals surface area (Å²) in [7, 11) is 2.93. The Morgan fingerprint density at radius 2 is 2.05 bits per heavy atom. The zero-order valence-corrected chi connectivity index (χ0v) is 12.3. The monoisotopic (exact) mass is 276 g/mol. The maximum absolute atomic E-state index is 11.4. The molecular weight excluding hydrogens is 256 g/mol. The molecule has 1 heterocycles. The predicted octanol–water partition coefficient (Wildman–Crippen LogP) is 2.75. The largest absolute Gasteiger partial charge is 0.496 e. The molecule has 0 aliphatic heterocycles. The molecule has 0 aliphatic carbocycles. The van der Waals surface area contributed by atoms with E-state index in [1.165, 1.54) is 7.11 Å². The van der Waals surface area contributed by atoms with Gasteiger partial charge in [0.15, 0.2) is 0 Å². The molecule has 2 aromatic rings. The van der Waals surface area contributed by atoms with Gasteiger partial charge in [0.25, 0.3) is 0 Å². The van der Waals surface area contributed by atoms with Crippen LogP contribution in [0.1, 0.15) is 29.8 Å². The van der Waals surface area contributed by atoms with E-state index in [4.69, 9.17) is 4.74 Å². The van der Waals surface area contributed by atoms with Crippen LogP contribution in [0.5, 0.6) is 5.75 Å². The molecule has 1 aromatic heterocycles. The van der Waals surface area contributed by atoms with Gasteiger partial charge < -0.3 is 14.0 Å². The lowest BCUT2D eigenvalue weighted by atomic mass is 10.1. The SMILES string of the molecule is CC.COC(=O)c1ccc(Cn2ccnc2)c(OC)c1. The lowest BCUT2D eigenvalue weighted by Crippen LogP contribution is -2.04. The molecule has 0 saturated carbocycles. The number of ether oxygens (including phenoxy) is 2. The first-order chi connectivity index (χ1) is 9.74. The molecule has 0 amide bonds. The van der Waals surface area contributed by atoms with E-state index in [9.17, 15) is 4.79 Å². The van der Waals surface area contributed by atoms with Crippen molar-refractivity contribution in [3.05, 3.63) is 48.0 Å². The van der Waals surface area contributed by atoms with Gasteiger partial charge in [-0.15, -0.1) is 0 Å². The van der Waals surface area contributed by atoms with Crippen LogP contribution in [0, 0.1) is 0 Å². The van der Waals surface area contributed by atoms with Crippen LogP contribution in [0.3, 0.4) is 0 Å². The molecule has 0 atom stereocenters. The Bertz CT molecular complexity index is 536. The van der Waals surface area contributed by atoms with Crippen LogP contribution in [-0.4, -0.2) is 29.7 Å². The van der Waals surface area contributed by atoms with Crippen molar-refractivity contribution < 1.29 is 14.3 Å². The highest BCUT2D eigenvalue weighted by Gasteiger charge is 2.10. The van der Waals surface area contributed by atoms with Crippen molar-refractivity contribution in [2.24, 2.45) is 0 Å². The molecule has 0 saturated heterocycles. The van der Waals surface area contributed by atoms with Gasteiger partial charge in [0, 0.05) is 18.0 Å². The summed E-state index contributed by atoms with van der Waals surface area (Å²) in [6.07, 6.45) is 5.32. The predicted molar refractivity (Wildman–Crippen MR) is 77.0 cm³/mol. The molecule has 2 rings (SSSR count). The average molecular weight is 276 g/mol. The number of rotatable bonds is 4. The minimum atomic E-state index is -0.373. The number of hydrogen-bond acceptors (Lipinski definition) is 4. The van der Waals surface area contributed by atoms with E-state index in [2.05, 4.69) is 9.72 Å². The fourth-order valence-electron chi connectivity index (χ4n) is 1.70. The van der Waals surface area contributed by atoms with Crippen molar-refractivity contribution >= 4 is 5.97 Å². The van der Waals surface area contributed by atoms with Crippen LogP contribution >= 0.6 is 0 Å². The number of carbonyl (C=O) groups excluding carboxylic acids is 1. The van der Waals surface area contributed by atoms with E-state index in [0.29, 0.717) is 17.9 Å². The number of imidazole rings is 1. The van der Waals surface area contributed by atoms with Crippen molar-refractivity contribution in [1.29, 1.82) is 0 Å². The summed E-state index contributed by atoms with van der Waals surface area (Å²) in [4.78, 5) is 15.4. The highest BCUT2D eigenvalue weighted by Crippen LogP contribution is 2.21. The number of esters is 1. The minimum Gasteiger partial charge on any atom is -0.496 e. The lowest BCUT2D eigenvalue weighted by Gasteiger charge is -2.10. The second kappa shape index (κ2) is 7.99. The van der Waals surface area contributed by atoms with E-state index in [-0.39, 0.29) is 5.97 Å². The lowest BCUT2D eigenvalue weighted by molar-refractivity contribution is 0.0600. The van der Waals surface area contributed by atoms with Gasteiger partial charge in [-0.25, -0.2) is 9.78 Å². The summed E-state index contributed by atoms with van der Waals surface area (Å²) < 4.78 is 11.9. The fraction of sp³-hybridized carbons (Fsp3) is 0.333. The van der Waals surface area contributed by atoms with Crippen LogP contribution in [0.25, 0.3) is 0 Å². The van der Waals surface area contributed by atoms with E-state index in [1.807, 2.05) is 30.7 Å². The summed E-state index contributed by atoms with van der Waals surface area (Å²) in [5.41, 5.74) is 1.45. The summed E-state index contributed by atoms with van der Waals surface area (Å²) >= 11 is 0. The topological polar surface area (TPSA) is 53.4 Å². The molecule has 0 bridgehead atoms. The standard InChI is InChI=1S/C13H14N2O3.C2H6/c1-17-12-7-10(13(16)18-2)3-4-11(12)8-15-6-5-14-9-15;1-2/h3-7,9H,8H2,1-2H3;1-2H3. The molecule has 5 nitrogen and oxygen atoms in total. The quantitative estimate of drug-likeness (QED) is 0.806. The molecule has 20 heavy (non-hydrogen) atoms. The van der Waals surface area contributed by atoms with Crippen LogP contribution in [0.4, 0.5) is 0 Å². The second-order valence-corrected chi connectivity index (χ2v) is 3.75. The first kappa shape index (κ1) is 15.8. The van der Waals surface area contributed by atoms with Gasteiger partial charge in [-0.2, -0.15) is 0 Å². The van der Waals surface area contributed by atoms with Crippen molar-refractivity contribution in [1.82, 2.24) is 9.55 Å². The Kier molecular flexibility index (Phi) is 6.29.